The Bertz CT molecular complexity index is 1310. The maximum Gasteiger partial charge on any atom is 0.264 e. The van der Waals surface area contributed by atoms with Gasteiger partial charge in [-0.3, -0.25) is 13.9 Å². The van der Waals surface area contributed by atoms with Gasteiger partial charge in [0.1, 0.15) is 12.6 Å². The van der Waals surface area contributed by atoms with Crippen molar-refractivity contribution in [1.29, 1.82) is 0 Å². The molecule has 0 spiro atoms. The predicted molar refractivity (Wildman–Crippen MR) is 147 cm³/mol. The van der Waals surface area contributed by atoms with Crippen LogP contribution in [0.4, 0.5) is 5.69 Å². The molecule has 0 bridgehead atoms. The number of benzene rings is 3. The first kappa shape index (κ1) is 27.9. The van der Waals surface area contributed by atoms with Crippen LogP contribution in [-0.4, -0.2) is 50.8 Å². The van der Waals surface area contributed by atoms with Crippen LogP contribution in [0.25, 0.3) is 0 Å². The highest BCUT2D eigenvalue weighted by Crippen LogP contribution is 2.26. The number of hydrogen-bond donors (Lipinski definition) is 1. The summed E-state index contributed by atoms with van der Waals surface area (Å²) < 4.78 is 28.6. The van der Waals surface area contributed by atoms with Crippen molar-refractivity contribution in [3.05, 3.63) is 95.6 Å². The van der Waals surface area contributed by atoms with Gasteiger partial charge in [-0.1, -0.05) is 54.6 Å². The van der Waals surface area contributed by atoms with Crippen LogP contribution in [0.1, 0.15) is 30.5 Å². The molecule has 8 heteroatoms. The smallest absolute Gasteiger partial charge is 0.264 e. The third kappa shape index (κ3) is 6.98. The minimum atomic E-state index is -4.05. The van der Waals surface area contributed by atoms with Crippen molar-refractivity contribution in [2.24, 2.45) is 0 Å². The van der Waals surface area contributed by atoms with E-state index in [1.54, 1.807) is 37.3 Å². The van der Waals surface area contributed by atoms with E-state index in [0.717, 1.165) is 21.0 Å². The predicted octanol–water partition coefficient (Wildman–Crippen LogP) is 4.09. The summed E-state index contributed by atoms with van der Waals surface area (Å²) in [4.78, 5) is 28.0. The van der Waals surface area contributed by atoms with Crippen LogP contribution in [0.2, 0.25) is 0 Å². The van der Waals surface area contributed by atoms with Gasteiger partial charge < -0.3 is 10.2 Å². The Kier molecular flexibility index (Phi) is 9.47. The van der Waals surface area contributed by atoms with Crippen LogP contribution < -0.4 is 9.62 Å². The molecule has 0 aliphatic carbocycles. The maximum absolute atomic E-state index is 13.8. The molecule has 1 atom stereocenters. The van der Waals surface area contributed by atoms with Gasteiger partial charge in [-0.2, -0.15) is 0 Å². The number of nitrogens with one attached hydrogen (secondary N) is 1. The Hall–Kier alpha value is -3.65. The summed E-state index contributed by atoms with van der Waals surface area (Å²) in [7, 11) is -4.05. The van der Waals surface area contributed by atoms with Crippen molar-refractivity contribution in [2.45, 2.75) is 45.1 Å². The molecule has 0 unspecified atom stereocenters. The van der Waals surface area contributed by atoms with Crippen LogP contribution >= 0.6 is 0 Å². The monoisotopic (exact) mass is 521 g/mol. The Labute approximate surface area is 220 Å². The zero-order valence-electron chi connectivity index (χ0n) is 21.8. The van der Waals surface area contributed by atoms with Crippen molar-refractivity contribution in [2.75, 3.05) is 23.9 Å². The largest absolute Gasteiger partial charge is 0.355 e. The molecule has 3 aromatic rings. The van der Waals surface area contributed by atoms with E-state index in [1.807, 2.05) is 57.2 Å². The maximum atomic E-state index is 13.8. The lowest BCUT2D eigenvalue weighted by Gasteiger charge is -2.32. The number of carbonyl (C=O) groups excluding carboxylic acids is 2. The molecule has 0 heterocycles. The molecule has 3 aromatic carbocycles. The van der Waals surface area contributed by atoms with Crippen molar-refractivity contribution < 1.29 is 18.0 Å². The molecule has 0 fully saturated rings. The molecule has 1 N–H and O–H groups in total. The minimum absolute atomic E-state index is 0.0913. The highest BCUT2D eigenvalue weighted by Gasteiger charge is 2.32. The van der Waals surface area contributed by atoms with E-state index >= 15 is 0 Å². The highest BCUT2D eigenvalue weighted by molar-refractivity contribution is 7.92. The number of likely N-dealkylation sites (N-methyl/N-ethyl adjacent to an activating group) is 1. The summed E-state index contributed by atoms with van der Waals surface area (Å²) in [5.41, 5.74) is 3.34. The fraction of sp³-hybridized carbons (Fsp3) is 0.310. The number of sulfonamides is 1. The molecule has 0 saturated heterocycles. The molecule has 7 nitrogen and oxygen atoms in total. The first-order valence-electron chi connectivity index (χ1n) is 12.4. The number of rotatable bonds is 11. The molecular formula is C29H35N3O4S. The van der Waals surface area contributed by atoms with Gasteiger partial charge in [0.15, 0.2) is 0 Å². The van der Waals surface area contributed by atoms with E-state index in [4.69, 9.17) is 0 Å². The quantitative estimate of drug-likeness (QED) is 0.412. The third-order valence-corrected chi connectivity index (χ3v) is 8.18. The summed E-state index contributed by atoms with van der Waals surface area (Å²) >= 11 is 0. The number of aryl methyl sites for hydroxylation is 2. The van der Waals surface area contributed by atoms with Crippen molar-refractivity contribution >= 4 is 27.5 Å². The van der Waals surface area contributed by atoms with Crippen molar-refractivity contribution in [3.8, 4) is 0 Å². The molecule has 0 saturated carbocycles. The number of hydrogen-bond acceptors (Lipinski definition) is 4. The van der Waals surface area contributed by atoms with Gasteiger partial charge >= 0.3 is 0 Å². The number of carbonyl (C=O) groups is 2. The zero-order valence-corrected chi connectivity index (χ0v) is 22.7. The summed E-state index contributed by atoms with van der Waals surface area (Å²) in [6, 6.07) is 22.3. The van der Waals surface area contributed by atoms with Crippen molar-refractivity contribution in [1.82, 2.24) is 10.2 Å². The van der Waals surface area contributed by atoms with E-state index in [1.165, 1.54) is 17.0 Å². The van der Waals surface area contributed by atoms with Crippen LogP contribution in [0.3, 0.4) is 0 Å². The van der Waals surface area contributed by atoms with E-state index < -0.39 is 28.5 Å². The highest BCUT2D eigenvalue weighted by atomic mass is 32.2. The second-order valence-corrected chi connectivity index (χ2v) is 10.8. The van der Waals surface area contributed by atoms with Gasteiger partial charge in [-0.25, -0.2) is 8.42 Å². The van der Waals surface area contributed by atoms with Crippen LogP contribution in [-0.2, 0) is 26.0 Å². The van der Waals surface area contributed by atoms with Gasteiger partial charge in [0.05, 0.1) is 10.6 Å². The Morgan fingerprint density at radius 2 is 1.51 bits per heavy atom. The molecular weight excluding hydrogens is 486 g/mol. The van der Waals surface area contributed by atoms with Gasteiger partial charge in [0.25, 0.3) is 10.0 Å². The van der Waals surface area contributed by atoms with Crippen LogP contribution in [0, 0.1) is 13.8 Å². The topological polar surface area (TPSA) is 86.8 Å². The van der Waals surface area contributed by atoms with E-state index in [0.29, 0.717) is 18.7 Å². The molecule has 196 valence electrons. The average Bonchev–Trinajstić information content (AvgIpc) is 2.90. The molecule has 37 heavy (non-hydrogen) atoms. The molecule has 3 rings (SSSR count). The SMILES string of the molecule is CCNC(=O)[C@H](C)N(CCc1ccccc1)C(=O)CN(c1ccc(C)c(C)c1)S(=O)(=O)c1ccccc1. The number of anilines is 1. The molecule has 0 aliphatic heterocycles. The molecule has 0 radical (unpaired) electrons. The van der Waals surface area contributed by atoms with Gasteiger partial charge in [0.2, 0.25) is 11.8 Å². The minimum Gasteiger partial charge on any atom is -0.355 e. The summed E-state index contributed by atoms with van der Waals surface area (Å²) in [5, 5.41) is 2.77. The molecule has 2 amide bonds. The Morgan fingerprint density at radius 1 is 0.892 bits per heavy atom. The Balaban J connectivity index is 1.98. The first-order chi connectivity index (χ1) is 17.6. The second-order valence-electron chi connectivity index (χ2n) is 8.99. The zero-order chi connectivity index (χ0) is 27.0. The van der Waals surface area contributed by atoms with E-state index in [9.17, 15) is 18.0 Å². The lowest BCUT2D eigenvalue weighted by Crippen LogP contribution is -2.52. The Morgan fingerprint density at radius 3 is 2.11 bits per heavy atom. The van der Waals surface area contributed by atoms with Crippen LogP contribution in [0.15, 0.2) is 83.8 Å². The van der Waals surface area contributed by atoms with Crippen LogP contribution in [0.5, 0.6) is 0 Å². The standard InChI is InChI=1S/C29H35N3O4S/c1-5-30-29(34)24(4)31(19-18-25-12-8-6-9-13-25)28(33)21-32(26-17-16-22(2)23(3)20-26)37(35,36)27-14-10-7-11-15-27/h6-17,20,24H,5,18-19,21H2,1-4H3,(H,30,34)/t24-/m0/s1. The van der Waals surface area contributed by atoms with Gasteiger partial charge in [-0.15, -0.1) is 0 Å². The second kappa shape index (κ2) is 12.5. The van der Waals surface area contributed by atoms with Gasteiger partial charge in [0, 0.05) is 13.1 Å². The lowest BCUT2D eigenvalue weighted by molar-refractivity contribution is -0.138. The third-order valence-electron chi connectivity index (χ3n) is 6.39. The summed E-state index contributed by atoms with van der Waals surface area (Å²) in [6.07, 6.45) is 0.533. The average molecular weight is 522 g/mol. The fourth-order valence-electron chi connectivity index (χ4n) is 4.02. The van der Waals surface area contributed by atoms with E-state index in [-0.39, 0.29) is 17.3 Å². The van der Waals surface area contributed by atoms with Crippen molar-refractivity contribution in [3.63, 3.8) is 0 Å². The van der Waals surface area contributed by atoms with Gasteiger partial charge in [-0.05, 0) is 75.1 Å². The first-order valence-corrected chi connectivity index (χ1v) is 13.8. The summed E-state index contributed by atoms with van der Waals surface area (Å²) in [5.74, 6) is -0.736. The fourth-order valence-corrected chi connectivity index (χ4v) is 5.45. The molecule has 0 aromatic heterocycles. The number of nitrogens with zero attached hydrogens (tertiary/aromatic N) is 2. The van der Waals surface area contributed by atoms with E-state index in [2.05, 4.69) is 5.32 Å². The summed E-state index contributed by atoms with van der Waals surface area (Å²) in [6.45, 7) is 7.60. The molecule has 0 aliphatic rings. The normalized spacial score (nSPS) is 12.0. The lowest BCUT2D eigenvalue weighted by atomic mass is 10.1. The number of amides is 2.